The predicted molar refractivity (Wildman–Crippen MR) is 80.9 cm³/mol. The zero-order valence-corrected chi connectivity index (χ0v) is 13.4. The Labute approximate surface area is 119 Å². The molecule has 4 heteroatoms. The van der Waals surface area contributed by atoms with Gasteiger partial charge in [-0.1, -0.05) is 52.7 Å². The van der Waals surface area contributed by atoms with Gasteiger partial charge < -0.3 is 0 Å². The van der Waals surface area contributed by atoms with Crippen LogP contribution >= 0.6 is 15.9 Å². The quantitative estimate of drug-likeness (QED) is 0.713. The molecule has 0 aromatic heterocycles. The van der Waals surface area contributed by atoms with Crippen molar-refractivity contribution >= 4 is 25.8 Å². The lowest BCUT2D eigenvalue weighted by Crippen LogP contribution is -2.12. The molecule has 0 saturated heterocycles. The van der Waals surface area contributed by atoms with E-state index in [4.69, 9.17) is 0 Å². The zero-order valence-electron chi connectivity index (χ0n) is 11.0. The monoisotopic (exact) mass is 332 g/mol. The molecular weight excluding hydrogens is 312 g/mol. The maximum Gasteiger partial charge on any atom is 0.154 e. The van der Waals surface area contributed by atoms with E-state index in [0.717, 1.165) is 29.3 Å². The van der Waals surface area contributed by atoms with Crippen molar-refractivity contribution < 1.29 is 8.42 Å². The minimum absolute atomic E-state index is 0.162. The van der Waals surface area contributed by atoms with E-state index in [1.165, 1.54) is 0 Å². The Balaban J connectivity index is 2.54. The van der Waals surface area contributed by atoms with Crippen LogP contribution in [0.15, 0.2) is 24.3 Å². The maximum absolute atomic E-state index is 12.0. The maximum atomic E-state index is 12.0. The Hall–Kier alpha value is -0.350. The minimum atomic E-state index is -2.98. The number of hydrogen-bond acceptors (Lipinski definition) is 2. The predicted octanol–water partition coefficient (Wildman–Crippen LogP) is 3.72. The van der Waals surface area contributed by atoms with Gasteiger partial charge in [-0.05, 0) is 31.2 Å². The zero-order chi connectivity index (χ0) is 13.6. The number of hydrogen-bond donors (Lipinski definition) is 0. The van der Waals surface area contributed by atoms with E-state index in [2.05, 4.69) is 22.9 Å². The molecule has 0 aliphatic rings. The lowest BCUT2D eigenvalue weighted by Gasteiger charge is -2.10. The van der Waals surface area contributed by atoms with Gasteiger partial charge in [-0.25, -0.2) is 8.42 Å². The van der Waals surface area contributed by atoms with Crippen molar-refractivity contribution in [2.45, 2.75) is 32.4 Å². The highest BCUT2D eigenvalue weighted by Crippen LogP contribution is 2.14. The standard InChI is InChI=1S/C14H21BrO2S/c1-12(6-8-15)7-9-18(16,17)11-14-5-3-4-13(2)10-14/h3-5,10,12H,6-9,11H2,1-2H3. The Bertz CT molecular complexity index is 468. The summed E-state index contributed by atoms with van der Waals surface area (Å²) in [6.45, 7) is 4.08. The molecule has 0 bridgehead atoms. The van der Waals surface area contributed by atoms with E-state index in [0.29, 0.717) is 5.92 Å². The molecule has 0 radical (unpaired) electrons. The summed E-state index contributed by atoms with van der Waals surface area (Å²) in [7, 11) is -2.98. The van der Waals surface area contributed by atoms with Crippen LogP contribution in [0.4, 0.5) is 0 Å². The van der Waals surface area contributed by atoms with Crippen molar-refractivity contribution in [1.29, 1.82) is 0 Å². The summed E-state index contributed by atoms with van der Waals surface area (Å²) in [5.41, 5.74) is 2.00. The van der Waals surface area contributed by atoms with Gasteiger partial charge in [0.15, 0.2) is 9.84 Å². The van der Waals surface area contributed by atoms with Crippen LogP contribution in [0.1, 0.15) is 30.9 Å². The number of alkyl halides is 1. The third-order valence-corrected chi connectivity index (χ3v) is 5.08. The molecular formula is C14H21BrO2S. The summed E-state index contributed by atoms with van der Waals surface area (Å²) in [5.74, 6) is 0.904. The van der Waals surface area contributed by atoms with Crippen LogP contribution in [0.2, 0.25) is 0 Å². The highest BCUT2D eigenvalue weighted by atomic mass is 79.9. The van der Waals surface area contributed by atoms with Gasteiger partial charge in [0, 0.05) is 5.33 Å². The highest BCUT2D eigenvalue weighted by molar-refractivity contribution is 9.09. The molecule has 0 N–H and O–H groups in total. The van der Waals surface area contributed by atoms with Gasteiger partial charge in [-0.2, -0.15) is 0 Å². The van der Waals surface area contributed by atoms with Gasteiger partial charge in [-0.3, -0.25) is 0 Å². The molecule has 0 heterocycles. The molecule has 0 fully saturated rings. The van der Waals surface area contributed by atoms with Crippen molar-refractivity contribution in [1.82, 2.24) is 0 Å². The van der Waals surface area contributed by atoms with Gasteiger partial charge in [0.1, 0.15) is 0 Å². The highest BCUT2D eigenvalue weighted by Gasteiger charge is 2.14. The first-order chi connectivity index (χ1) is 8.43. The fourth-order valence-electron chi connectivity index (χ4n) is 1.84. The van der Waals surface area contributed by atoms with Crippen LogP contribution in [0.25, 0.3) is 0 Å². The van der Waals surface area contributed by atoms with Crippen LogP contribution in [0.5, 0.6) is 0 Å². The fraction of sp³-hybridized carbons (Fsp3) is 0.571. The first-order valence-electron chi connectivity index (χ1n) is 6.25. The van der Waals surface area contributed by atoms with E-state index in [-0.39, 0.29) is 11.5 Å². The largest absolute Gasteiger partial charge is 0.228 e. The normalized spacial score (nSPS) is 13.5. The third-order valence-electron chi connectivity index (χ3n) is 2.99. The van der Waals surface area contributed by atoms with Crippen LogP contribution in [0, 0.1) is 12.8 Å². The lowest BCUT2D eigenvalue weighted by atomic mass is 10.1. The molecule has 0 aliphatic carbocycles. The molecule has 1 aromatic carbocycles. The summed E-state index contributed by atoms with van der Waals surface area (Å²) in [6.07, 6.45) is 1.78. The van der Waals surface area contributed by atoms with Crippen molar-refractivity contribution in [3.63, 3.8) is 0 Å². The lowest BCUT2D eigenvalue weighted by molar-refractivity contribution is 0.536. The smallest absolute Gasteiger partial charge is 0.154 e. The van der Waals surface area contributed by atoms with Crippen LogP contribution in [0.3, 0.4) is 0 Å². The van der Waals surface area contributed by atoms with Crippen LogP contribution in [-0.2, 0) is 15.6 Å². The molecule has 0 amide bonds. The van der Waals surface area contributed by atoms with E-state index in [1.54, 1.807) is 0 Å². The molecule has 1 atom stereocenters. The number of sulfone groups is 1. The summed E-state index contributed by atoms with van der Waals surface area (Å²) in [5, 5.41) is 0.937. The van der Waals surface area contributed by atoms with Gasteiger partial charge >= 0.3 is 0 Å². The molecule has 2 nitrogen and oxygen atoms in total. The molecule has 102 valence electrons. The Morgan fingerprint density at radius 2 is 2.00 bits per heavy atom. The second kappa shape index (κ2) is 7.29. The average molecular weight is 333 g/mol. The SMILES string of the molecule is Cc1cccc(CS(=O)(=O)CCC(C)CCBr)c1. The second-order valence-corrected chi connectivity index (χ2v) is 7.93. The van der Waals surface area contributed by atoms with Crippen LogP contribution < -0.4 is 0 Å². The van der Waals surface area contributed by atoms with Gasteiger partial charge in [0.2, 0.25) is 0 Å². The number of benzene rings is 1. The van der Waals surface area contributed by atoms with Crippen LogP contribution in [-0.4, -0.2) is 19.5 Å². The van der Waals surface area contributed by atoms with Crippen molar-refractivity contribution in [3.8, 4) is 0 Å². The molecule has 1 unspecified atom stereocenters. The van der Waals surface area contributed by atoms with Gasteiger partial charge in [0.25, 0.3) is 0 Å². The first kappa shape index (κ1) is 15.7. The third kappa shape index (κ3) is 6.01. The topological polar surface area (TPSA) is 34.1 Å². The van der Waals surface area contributed by atoms with Crippen molar-refractivity contribution in [2.24, 2.45) is 5.92 Å². The van der Waals surface area contributed by atoms with Crippen molar-refractivity contribution in [3.05, 3.63) is 35.4 Å². The molecule has 18 heavy (non-hydrogen) atoms. The molecule has 0 aliphatic heterocycles. The minimum Gasteiger partial charge on any atom is -0.228 e. The first-order valence-corrected chi connectivity index (χ1v) is 9.19. The average Bonchev–Trinajstić information content (AvgIpc) is 2.26. The summed E-state index contributed by atoms with van der Waals surface area (Å²) in [4.78, 5) is 0. The summed E-state index contributed by atoms with van der Waals surface area (Å²) < 4.78 is 24.0. The van der Waals surface area contributed by atoms with E-state index >= 15 is 0 Å². The Kier molecular flexibility index (Phi) is 6.36. The fourth-order valence-corrected chi connectivity index (χ4v) is 4.21. The Morgan fingerprint density at radius 1 is 1.28 bits per heavy atom. The molecule has 1 aromatic rings. The van der Waals surface area contributed by atoms with E-state index < -0.39 is 9.84 Å². The van der Waals surface area contributed by atoms with Crippen molar-refractivity contribution in [2.75, 3.05) is 11.1 Å². The number of halogens is 1. The second-order valence-electron chi connectivity index (χ2n) is 4.95. The number of aryl methyl sites for hydroxylation is 1. The molecule has 1 rings (SSSR count). The summed E-state index contributed by atoms with van der Waals surface area (Å²) in [6, 6.07) is 7.72. The molecule has 0 saturated carbocycles. The molecule has 0 spiro atoms. The number of rotatable bonds is 7. The van der Waals surface area contributed by atoms with E-state index in [1.807, 2.05) is 31.2 Å². The van der Waals surface area contributed by atoms with Gasteiger partial charge in [0.05, 0.1) is 11.5 Å². The van der Waals surface area contributed by atoms with E-state index in [9.17, 15) is 8.42 Å². The summed E-state index contributed by atoms with van der Waals surface area (Å²) >= 11 is 3.38. The van der Waals surface area contributed by atoms with Gasteiger partial charge in [-0.15, -0.1) is 0 Å². The Morgan fingerprint density at radius 3 is 2.61 bits per heavy atom.